The number of carbonyl (C=O) groups is 1. The zero-order valence-electron chi connectivity index (χ0n) is 16.4. The summed E-state index contributed by atoms with van der Waals surface area (Å²) in [6, 6.07) is 9.80. The molecule has 0 spiro atoms. The molecule has 1 aliphatic carbocycles. The molecule has 4 nitrogen and oxygen atoms in total. The van der Waals surface area contributed by atoms with E-state index >= 15 is 0 Å². The largest absolute Gasteiger partial charge is 0.433 e. The Morgan fingerprint density at radius 2 is 1.79 bits per heavy atom. The van der Waals surface area contributed by atoms with E-state index in [1.54, 1.807) is 49.2 Å². The molecule has 0 saturated heterocycles. The van der Waals surface area contributed by atoms with Crippen LogP contribution in [0.15, 0.2) is 41.6 Å². The van der Waals surface area contributed by atoms with Crippen LogP contribution in [0.4, 0.5) is 13.2 Å². The maximum absolute atomic E-state index is 13.4. The number of thioether (sulfide) groups is 1. The van der Waals surface area contributed by atoms with Gasteiger partial charge in [0.1, 0.15) is 5.69 Å². The number of alkyl halides is 3. The topological polar surface area (TPSA) is 46.1 Å². The van der Waals surface area contributed by atoms with Crippen LogP contribution in [0.25, 0.3) is 11.3 Å². The van der Waals surface area contributed by atoms with Crippen molar-refractivity contribution in [2.24, 2.45) is 0 Å². The number of amides is 1. The fourth-order valence-corrected chi connectivity index (χ4v) is 4.41. The molecule has 0 N–H and O–H groups in total. The number of rotatable bonds is 5. The molecule has 0 aliphatic heterocycles. The van der Waals surface area contributed by atoms with Crippen LogP contribution >= 0.6 is 11.8 Å². The summed E-state index contributed by atoms with van der Waals surface area (Å²) in [5.41, 5.74) is -0.245. The molecular weight excluding hydrogens is 399 g/mol. The van der Waals surface area contributed by atoms with Crippen molar-refractivity contribution in [3.63, 3.8) is 0 Å². The summed E-state index contributed by atoms with van der Waals surface area (Å²) >= 11 is 0.970. The Kier molecular flexibility index (Phi) is 6.82. The average Bonchev–Trinajstić information content (AvgIpc) is 2.73. The SMILES string of the molecule is CC(Sc1nc(-c2ccccc2)cc(C(F)(F)F)n1)C(=O)N(C)C1CCCCC1. The zero-order chi connectivity index (χ0) is 21.0. The van der Waals surface area contributed by atoms with Gasteiger partial charge < -0.3 is 4.90 Å². The first-order chi connectivity index (χ1) is 13.8. The van der Waals surface area contributed by atoms with E-state index in [2.05, 4.69) is 9.97 Å². The Labute approximate surface area is 172 Å². The third kappa shape index (κ3) is 5.50. The van der Waals surface area contributed by atoms with Gasteiger partial charge in [-0.05, 0) is 25.8 Å². The first-order valence-electron chi connectivity index (χ1n) is 9.70. The minimum Gasteiger partial charge on any atom is -0.342 e. The molecule has 1 aliphatic rings. The fraction of sp³-hybridized carbons (Fsp3) is 0.476. The Morgan fingerprint density at radius 3 is 2.41 bits per heavy atom. The lowest BCUT2D eigenvalue weighted by Crippen LogP contribution is -2.42. The standard InChI is InChI=1S/C21H24F3N3OS/c1-14(19(28)27(2)16-11-7-4-8-12-16)29-20-25-17(15-9-5-3-6-10-15)13-18(26-20)21(22,23)24/h3,5-6,9-10,13-14,16H,4,7-8,11-12H2,1-2H3. The van der Waals surface area contributed by atoms with Crippen molar-refractivity contribution in [2.45, 2.75) is 61.7 Å². The van der Waals surface area contributed by atoms with Crippen LogP contribution in [0.1, 0.15) is 44.7 Å². The van der Waals surface area contributed by atoms with Gasteiger partial charge in [0.25, 0.3) is 0 Å². The number of benzene rings is 1. The van der Waals surface area contributed by atoms with Crippen molar-refractivity contribution in [1.82, 2.24) is 14.9 Å². The van der Waals surface area contributed by atoms with E-state index in [4.69, 9.17) is 0 Å². The normalized spacial score (nSPS) is 16.4. The molecular formula is C21H24F3N3OS. The Morgan fingerprint density at radius 1 is 1.14 bits per heavy atom. The zero-order valence-corrected chi connectivity index (χ0v) is 17.3. The molecule has 29 heavy (non-hydrogen) atoms. The van der Waals surface area contributed by atoms with Gasteiger partial charge in [-0.15, -0.1) is 0 Å². The highest BCUT2D eigenvalue weighted by molar-refractivity contribution is 8.00. The maximum atomic E-state index is 13.4. The van der Waals surface area contributed by atoms with Crippen LogP contribution in [0.5, 0.6) is 0 Å². The van der Waals surface area contributed by atoms with Crippen molar-refractivity contribution >= 4 is 17.7 Å². The van der Waals surface area contributed by atoms with Gasteiger partial charge in [-0.1, -0.05) is 61.4 Å². The molecule has 1 fully saturated rings. The summed E-state index contributed by atoms with van der Waals surface area (Å²) in [4.78, 5) is 22.5. The molecule has 1 atom stereocenters. The minimum absolute atomic E-state index is 0.0448. The fourth-order valence-electron chi connectivity index (χ4n) is 3.52. The van der Waals surface area contributed by atoms with E-state index in [-0.39, 0.29) is 22.8 Å². The first kappa shape index (κ1) is 21.6. The second-order valence-corrected chi connectivity index (χ2v) is 8.59. The van der Waals surface area contributed by atoms with Crippen molar-refractivity contribution in [3.8, 4) is 11.3 Å². The first-order valence-corrected chi connectivity index (χ1v) is 10.6. The van der Waals surface area contributed by atoms with Gasteiger partial charge in [0.15, 0.2) is 5.16 Å². The minimum atomic E-state index is -4.59. The highest BCUT2D eigenvalue weighted by Gasteiger charge is 2.34. The van der Waals surface area contributed by atoms with Crippen LogP contribution in [0, 0.1) is 0 Å². The van der Waals surface area contributed by atoms with E-state index in [1.165, 1.54) is 6.42 Å². The van der Waals surface area contributed by atoms with Crippen LogP contribution in [-0.2, 0) is 11.0 Å². The average molecular weight is 424 g/mol. The lowest BCUT2D eigenvalue weighted by atomic mass is 9.94. The number of hydrogen-bond donors (Lipinski definition) is 0. The summed E-state index contributed by atoms with van der Waals surface area (Å²) < 4.78 is 40.1. The van der Waals surface area contributed by atoms with Gasteiger partial charge in [0.2, 0.25) is 5.91 Å². The summed E-state index contributed by atoms with van der Waals surface area (Å²) in [5, 5.41) is -0.620. The van der Waals surface area contributed by atoms with Gasteiger partial charge in [-0.3, -0.25) is 4.79 Å². The quantitative estimate of drug-likeness (QED) is 0.475. The molecule has 1 amide bonds. The summed E-state index contributed by atoms with van der Waals surface area (Å²) in [6.45, 7) is 1.69. The highest BCUT2D eigenvalue weighted by atomic mass is 32.2. The van der Waals surface area contributed by atoms with Gasteiger partial charge in [0.05, 0.1) is 10.9 Å². The third-order valence-electron chi connectivity index (χ3n) is 5.17. The van der Waals surface area contributed by atoms with E-state index in [9.17, 15) is 18.0 Å². The lowest BCUT2D eigenvalue weighted by molar-refractivity contribution is -0.141. The summed E-state index contributed by atoms with van der Waals surface area (Å²) in [6.07, 6.45) is 0.731. The monoisotopic (exact) mass is 423 g/mol. The Hall–Kier alpha value is -2.09. The Balaban J connectivity index is 1.82. The molecule has 0 bridgehead atoms. The molecule has 1 unspecified atom stereocenters. The van der Waals surface area contributed by atoms with Crippen molar-refractivity contribution < 1.29 is 18.0 Å². The second kappa shape index (κ2) is 9.15. The number of hydrogen-bond acceptors (Lipinski definition) is 4. The molecule has 1 saturated carbocycles. The van der Waals surface area contributed by atoms with Crippen molar-refractivity contribution in [3.05, 3.63) is 42.1 Å². The molecule has 156 valence electrons. The number of carbonyl (C=O) groups excluding carboxylic acids is 1. The van der Waals surface area contributed by atoms with E-state index in [1.807, 2.05) is 0 Å². The van der Waals surface area contributed by atoms with E-state index in [0.29, 0.717) is 5.56 Å². The smallest absolute Gasteiger partial charge is 0.342 e. The number of aromatic nitrogens is 2. The second-order valence-electron chi connectivity index (χ2n) is 7.29. The maximum Gasteiger partial charge on any atom is 0.433 e. The predicted octanol–water partition coefficient (Wildman–Crippen LogP) is 5.43. The molecule has 1 heterocycles. The third-order valence-corrected chi connectivity index (χ3v) is 6.11. The van der Waals surface area contributed by atoms with Gasteiger partial charge in [0, 0.05) is 18.7 Å². The summed E-state index contributed by atoms with van der Waals surface area (Å²) in [7, 11) is 1.78. The van der Waals surface area contributed by atoms with E-state index < -0.39 is 17.1 Å². The number of nitrogens with zero attached hydrogens (tertiary/aromatic N) is 3. The number of halogens is 3. The van der Waals surface area contributed by atoms with Crippen LogP contribution in [0.3, 0.4) is 0 Å². The van der Waals surface area contributed by atoms with Crippen LogP contribution < -0.4 is 0 Å². The van der Waals surface area contributed by atoms with Crippen LogP contribution in [0.2, 0.25) is 0 Å². The molecule has 1 aromatic carbocycles. The van der Waals surface area contributed by atoms with Crippen LogP contribution in [-0.4, -0.2) is 39.1 Å². The molecule has 8 heteroatoms. The van der Waals surface area contributed by atoms with Gasteiger partial charge in [-0.2, -0.15) is 13.2 Å². The molecule has 3 rings (SSSR count). The predicted molar refractivity (Wildman–Crippen MR) is 107 cm³/mol. The molecule has 2 aromatic rings. The Bertz CT molecular complexity index is 839. The van der Waals surface area contributed by atoms with E-state index in [0.717, 1.165) is 43.5 Å². The molecule has 0 radical (unpaired) electrons. The summed E-state index contributed by atoms with van der Waals surface area (Å²) in [5.74, 6) is -0.107. The molecule has 1 aromatic heterocycles. The van der Waals surface area contributed by atoms with Gasteiger partial charge >= 0.3 is 6.18 Å². The lowest BCUT2D eigenvalue weighted by Gasteiger charge is -2.32. The van der Waals surface area contributed by atoms with Gasteiger partial charge in [-0.25, -0.2) is 9.97 Å². The van der Waals surface area contributed by atoms with Crippen molar-refractivity contribution in [2.75, 3.05) is 7.05 Å². The van der Waals surface area contributed by atoms with Crippen molar-refractivity contribution in [1.29, 1.82) is 0 Å². The highest BCUT2D eigenvalue weighted by Crippen LogP contribution is 2.33.